The summed E-state index contributed by atoms with van der Waals surface area (Å²) >= 11 is 0. The molecule has 0 radical (unpaired) electrons. The van der Waals surface area contributed by atoms with Crippen molar-refractivity contribution in [3.05, 3.63) is 23.8 Å². The number of likely N-dealkylation sites (N-methyl/N-ethyl adjacent to an activating group) is 1. The minimum absolute atomic E-state index is 0.0215. The molecule has 1 N–H and O–H groups in total. The van der Waals surface area contributed by atoms with Gasteiger partial charge in [-0.2, -0.15) is 0 Å². The third kappa shape index (κ3) is 6.27. The van der Waals surface area contributed by atoms with Gasteiger partial charge in [0.25, 0.3) is 5.91 Å². The predicted octanol–water partition coefficient (Wildman–Crippen LogP) is 2.40. The molecule has 2 aliphatic rings. The third-order valence-corrected chi connectivity index (χ3v) is 6.71. The fraction of sp³-hybridized carbons (Fsp3) is 0.640. The predicted molar refractivity (Wildman–Crippen MR) is 128 cm³/mol. The number of carbonyl (C=O) groups excluding carboxylic acids is 3. The van der Waals surface area contributed by atoms with Gasteiger partial charge < -0.3 is 29.3 Å². The first kappa shape index (κ1) is 26.0. The van der Waals surface area contributed by atoms with Crippen LogP contribution in [0.4, 0.5) is 5.69 Å². The molecule has 9 heteroatoms. The maximum atomic E-state index is 13.3. The lowest BCUT2D eigenvalue weighted by atomic mass is 9.99. The van der Waals surface area contributed by atoms with Crippen LogP contribution in [0.5, 0.6) is 5.75 Å². The summed E-state index contributed by atoms with van der Waals surface area (Å²) in [7, 11) is 3.35. The molecule has 3 amide bonds. The highest BCUT2D eigenvalue weighted by Gasteiger charge is 2.29. The number of fused-ring (bicyclic) bond motifs is 1. The molecule has 188 valence electrons. The van der Waals surface area contributed by atoms with E-state index in [0.717, 1.165) is 0 Å². The number of amides is 3. The fourth-order valence-corrected chi connectivity index (χ4v) is 4.49. The van der Waals surface area contributed by atoms with E-state index >= 15 is 0 Å². The van der Waals surface area contributed by atoms with Crippen LogP contribution in [0.1, 0.15) is 44.0 Å². The highest BCUT2D eigenvalue weighted by molar-refractivity contribution is 5.98. The maximum Gasteiger partial charge on any atom is 0.257 e. The SMILES string of the molecule is CO[C@H]1CN(C)C(=O)c2ccc(NC(=O)C3CCOCC3)cc2OC[C@H](C)N(C(C)=O)C[C@@H]1C. The lowest BCUT2D eigenvalue weighted by Crippen LogP contribution is -2.48. The number of anilines is 1. The van der Waals surface area contributed by atoms with Crippen LogP contribution in [0, 0.1) is 11.8 Å². The normalized spacial score (nSPS) is 25.0. The number of hydrogen-bond donors (Lipinski definition) is 1. The van der Waals surface area contributed by atoms with Crippen LogP contribution in [0.15, 0.2) is 18.2 Å². The van der Waals surface area contributed by atoms with Gasteiger partial charge in [-0.3, -0.25) is 14.4 Å². The van der Waals surface area contributed by atoms with Gasteiger partial charge >= 0.3 is 0 Å². The summed E-state index contributed by atoms with van der Waals surface area (Å²) in [6.07, 6.45) is 1.15. The van der Waals surface area contributed by atoms with Crippen LogP contribution >= 0.6 is 0 Å². The number of ether oxygens (including phenoxy) is 3. The van der Waals surface area contributed by atoms with Crippen LogP contribution in [0.3, 0.4) is 0 Å². The summed E-state index contributed by atoms with van der Waals surface area (Å²) < 4.78 is 17.1. The van der Waals surface area contributed by atoms with Crippen molar-refractivity contribution in [3.63, 3.8) is 0 Å². The third-order valence-electron chi connectivity index (χ3n) is 6.71. The van der Waals surface area contributed by atoms with E-state index in [1.54, 1.807) is 49.1 Å². The van der Waals surface area contributed by atoms with E-state index in [9.17, 15) is 14.4 Å². The van der Waals surface area contributed by atoms with Crippen molar-refractivity contribution in [2.45, 2.75) is 45.8 Å². The Labute approximate surface area is 201 Å². The van der Waals surface area contributed by atoms with Gasteiger partial charge in [-0.25, -0.2) is 0 Å². The van der Waals surface area contributed by atoms with Gasteiger partial charge in [0.2, 0.25) is 11.8 Å². The summed E-state index contributed by atoms with van der Waals surface area (Å²) in [4.78, 5) is 41.7. The fourth-order valence-electron chi connectivity index (χ4n) is 4.49. The average molecular weight is 476 g/mol. The Morgan fingerprint density at radius 3 is 2.50 bits per heavy atom. The molecule has 0 aromatic heterocycles. The van der Waals surface area contributed by atoms with Gasteiger partial charge in [-0.1, -0.05) is 6.92 Å². The first-order valence-electron chi connectivity index (χ1n) is 11.9. The lowest BCUT2D eigenvalue weighted by molar-refractivity contribution is -0.133. The Hall–Kier alpha value is -2.65. The van der Waals surface area contributed by atoms with Gasteiger partial charge in [0.05, 0.1) is 17.7 Å². The zero-order chi connectivity index (χ0) is 24.8. The smallest absolute Gasteiger partial charge is 0.257 e. The van der Waals surface area contributed by atoms with Crippen molar-refractivity contribution in [1.82, 2.24) is 9.80 Å². The molecule has 2 aliphatic heterocycles. The van der Waals surface area contributed by atoms with E-state index in [1.807, 2.05) is 13.8 Å². The summed E-state index contributed by atoms with van der Waals surface area (Å²) in [6.45, 7) is 7.73. The molecule has 0 bridgehead atoms. The van der Waals surface area contributed by atoms with Crippen molar-refractivity contribution >= 4 is 23.4 Å². The monoisotopic (exact) mass is 475 g/mol. The Morgan fingerprint density at radius 1 is 1.15 bits per heavy atom. The van der Waals surface area contributed by atoms with Crippen molar-refractivity contribution < 1.29 is 28.6 Å². The largest absolute Gasteiger partial charge is 0.491 e. The Balaban J connectivity index is 1.89. The molecule has 0 saturated carbocycles. The van der Waals surface area contributed by atoms with E-state index in [1.165, 1.54) is 0 Å². The molecular formula is C25H37N3O6. The van der Waals surface area contributed by atoms with Crippen LogP contribution in [-0.4, -0.2) is 86.7 Å². The zero-order valence-corrected chi connectivity index (χ0v) is 20.8. The molecule has 1 saturated heterocycles. The van der Waals surface area contributed by atoms with Gasteiger partial charge in [0.1, 0.15) is 12.4 Å². The second-order valence-corrected chi connectivity index (χ2v) is 9.36. The number of rotatable bonds is 3. The zero-order valence-electron chi connectivity index (χ0n) is 20.8. The molecule has 34 heavy (non-hydrogen) atoms. The topological polar surface area (TPSA) is 97.4 Å². The van der Waals surface area contributed by atoms with Crippen molar-refractivity contribution in [2.75, 3.05) is 52.4 Å². The van der Waals surface area contributed by atoms with E-state index in [0.29, 0.717) is 56.1 Å². The molecule has 3 rings (SSSR count). The first-order valence-corrected chi connectivity index (χ1v) is 11.9. The second kappa shape index (κ2) is 11.7. The summed E-state index contributed by atoms with van der Waals surface area (Å²) in [6, 6.07) is 4.88. The highest BCUT2D eigenvalue weighted by atomic mass is 16.5. The van der Waals surface area contributed by atoms with E-state index in [2.05, 4.69) is 5.32 Å². The molecule has 0 aliphatic carbocycles. The van der Waals surface area contributed by atoms with Crippen molar-refractivity contribution in [2.24, 2.45) is 11.8 Å². The molecule has 9 nitrogen and oxygen atoms in total. The van der Waals surface area contributed by atoms with Gasteiger partial charge in [0, 0.05) is 71.0 Å². The van der Waals surface area contributed by atoms with Crippen LogP contribution in [-0.2, 0) is 19.1 Å². The van der Waals surface area contributed by atoms with Gasteiger partial charge in [-0.05, 0) is 31.9 Å². The minimum atomic E-state index is -0.232. The van der Waals surface area contributed by atoms with Crippen LogP contribution in [0.25, 0.3) is 0 Å². The van der Waals surface area contributed by atoms with Crippen LogP contribution < -0.4 is 10.1 Å². The lowest BCUT2D eigenvalue weighted by Gasteiger charge is -2.35. The highest BCUT2D eigenvalue weighted by Crippen LogP contribution is 2.28. The number of methoxy groups -OCH3 is 1. The molecule has 2 heterocycles. The molecule has 1 aromatic carbocycles. The van der Waals surface area contributed by atoms with Crippen molar-refractivity contribution in [1.29, 1.82) is 0 Å². The molecule has 1 fully saturated rings. The summed E-state index contributed by atoms with van der Waals surface area (Å²) in [5.41, 5.74) is 0.966. The quantitative estimate of drug-likeness (QED) is 0.721. The van der Waals surface area contributed by atoms with Gasteiger partial charge in [-0.15, -0.1) is 0 Å². The molecule has 3 atom stereocenters. The number of nitrogens with zero attached hydrogens (tertiary/aromatic N) is 2. The summed E-state index contributed by atoms with van der Waals surface area (Å²) in [5, 5.41) is 2.95. The van der Waals surface area contributed by atoms with Crippen molar-refractivity contribution in [3.8, 4) is 5.75 Å². The number of benzene rings is 1. The Bertz CT molecular complexity index is 885. The molecule has 0 unspecified atom stereocenters. The van der Waals surface area contributed by atoms with E-state index < -0.39 is 0 Å². The Morgan fingerprint density at radius 2 is 1.85 bits per heavy atom. The Kier molecular flexibility index (Phi) is 8.90. The maximum absolute atomic E-state index is 13.3. The minimum Gasteiger partial charge on any atom is -0.491 e. The number of carbonyl (C=O) groups is 3. The standard InChI is InChI=1S/C25H37N3O6/c1-16-13-28(18(3)29)17(2)15-34-22-12-20(26-24(30)19-8-10-33-11-9-19)6-7-21(22)25(31)27(4)14-23(16)32-5/h6-7,12,16-17,19,23H,8-11,13-15H2,1-5H3,(H,26,30)/t16-,17-,23-/m0/s1. The van der Waals surface area contributed by atoms with E-state index in [-0.39, 0.29) is 48.3 Å². The molecule has 1 aromatic rings. The van der Waals surface area contributed by atoms with Gasteiger partial charge in [0.15, 0.2) is 0 Å². The second-order valence-electron chi connectivity index (χ2n) is 9.36. The van der Waals surface area contributed by atoms with E-state index in [4.69, 9.17) is 14.2 Å². The first-order chi connectivity index (χ1) is 16.2. The summed E-state index contributed by atoms with van der Waals surface area (Å²) in [5.74, 6) is 0.00136. The molecular weight excluding hydrogens is 438 g/mol. The van der Waals surface area contributed by atoms with Crippen LogP contribution in [0.2, 0.25) is 0 Å². The number of hydrogen-bond acceptors (Lipinski definition) is 6. The average Bonchev–Trinajstić information content (AvgIpc) is 2.83. The molecule has 0 spiro atoms. The number of nitrogens with one attached hydrogen (secondary N) is 1.